The molecule has 0 aliphatic heterocycles. The summed E-state index contributed by atoms with van der Waals surface area (Å²) in [6.45, 7) is 3.51. The lowest BCUT2D eigenvalue weighted by Gasteiger charge is -2.21. The Hall–Kier alpha value is -1.86. The molecule has 1 amide bonds. The van der Waals surface area contributed by atoms with E-state index in [4.69, 9.17) is 11.0 Å². The number of amides is 1. The first kappa shape index (κ1) is 12.2. The van der Waals surface area contributed by atoms with Crippen LogP contribution in [-0.4, -0.2) is 11.4 Å². The summed E-state index contributed by atoms with van der Waals surface area (Å²) < 4.78 is 0. The summed E-state index contributed by atoms with van der Waals surface area (Å²) in [6.07, 6.45) is 0.535. The number of benzene rings is 1. The maximum atomic E-state index is 11.8. The number of nitrogens with zero attached hydrogens (tertiary/aromatic N) is 1. The number of hydrogen-bond donors (Lipinski definition) is 2. The van der Waals surface area contributed by atoms with Gasteiger partial charge in [-0.25, -0.2) is 0 Å². The molecule has 0 bridgehead atoms. The molecule has 84 valence electrons. The van der Waals surface area contributed by atoms with Gasteiger partial charge in [-0.3, -0.25) is 4.79 Å². The van der Waals surface area contributed by atoms with Crippen LogP contribution in [0.25, 0.3) is 0 Å². The van der Waals surface area contributed by atoms with Crippen LogP contribution in [0, 0.1) is 11.3 Å². The summed E-state index contributed by atoms with van der Waals surface area (Å²) in [4.78, 5) is 11.8. The number of nitrogens with two attached hydrogens (primary N) is 1. The second-order valence-electron chi connectivity index (χ2n) is 3.88. The molecule has 0 heterocycles. The fourth-order valence-electron chi connectivity index (χ4n) is 1.12. The van der Waals surface area contributed by atoms with Crippen LogP contribution in [0.15, 0.2) is 24.3 Å². The minimum Gasteiger partial charge on any atom is -0.323 e. The standard InChI is InChI=1S/C12H15N3O/c1-3-12(2,14)11(16)15-10-7-5-4-6-9(10)8-13/h4-7H,3,14H2,1-2H3,(H,15,16). The molecule has 0 saturated heterocycles. The van der Waals surface area contributed by atoms with E-state index in [1.54, 1.807) is 31.2 Å². The second-order valence-corrected chi connectivity index (χ2v) is 3.88. The highest BCUT2D eigenvalue weighted by Gasteiger charge is 2.26. The van der Waals surface area contributed by atoms with Gasteiger partial charge in [0.25, 0.3) is 0 Å². The zero-order chi connectivity index (χ0) is 12.2. The Kier molecular flexibility index (Phi) is 3.64. The van der Waals surface area contributed by atoms with Gasteiger partial charge in [-0.1, -0.05) is 19.1 Å². The molecule has 3 N–H and O–H groups in total. The number of rotatable bonds is 3. The van der Waals surface area contributed by atoms with E-state index in [-0.39, 0.29) is 5.91 Å². The monoisotopic (exact) mass is 217 g/mol. The van der Waals surface area contributed by atoms with Gasteiger partial charge < -0.3 is 11.1 Å². The van der Waals surface area contributed by atoms with Gasteiger partial charge in [0.2, 0.25) is 5.91 Å². The zero-order valence-electron chi connectivity index (χ0n) is 9.45. The van der Waals surface area contributed by atoms with Gasteiger partial charge in [0, 0.05) is 0 Å². The number of para-hydroxylation sites is 1. The van der Waals surface area contributed by atoms with Crippen molar-refractivity contribution in [2.24, 2.45) is 5.73 Å². The van der Waals surface area contributed by atoms with Crippen molar-refractivity contribution < 1.29 is 4.79 Å². The lowest BCUT2D eigenvalue weighted by atomic mass is 9.99. The van der Waals surface area contributed by atoms with Gasteiger partial charge in [-0.05, 0) is 25.5 Å². The maximum Gasteiger partial charge on any atom is 0.244 e. The Morgan fingerprint density at radius 3 is 2.75 bits per heavy atom. The van der Waals surface area contributed by atoms with E-state index < -0.39 is 5.54 Å². The minimum absolute atomic E-state index is 0.280. The van der Waals surface area contributed by atoms with E-state index in [1.807, 2.05) is 13.0 Å². The Morgan fingerprint density at radius 1 is 1.56 bits per heavy atom. The lowest BCUT2D eigenvalue weighted by molar-refractivity contribution is -0.120. The van der Waals surface area contributed by atoms with E-state index in [1.165, 1.54) is 0 Å². The van der Waals surface area contributed by atoms with Crippen LogP contribution in [0.1, 0.15) is 25.8 Å². The summed E-state index contributed by atoms with van der Waals surface area (Å²) in [6, 6.07) is 8.85. The first-order valence-electron chi connectivity index (χ1n) is 5.10. The highest BCUT2D eigenvalue weighted by molar-refractivity contribution is 5.98. The summed E-state index contributed by atoms with van der Waals surface area (Å²) >= 11 is 0. The fourth-order valence-corrected chi connectivity index (χ4v) is 1.12. The summed E-state index contributed by atoms with van der Waals surface area (Å²) in [5.41, 5.74) is 5.82. The summed E-state index contributed by atoms with van der Waals surface area (Å²) in [5, 5.41) is 11.5. The topological polar surface area (TPSA) is 78.9 Å². The minimum atomic E-state index is -0.914. The lowest BCUT2D eigenvalue weighted by Crippen LogP contribution is -2.47. The van der Waals surface area contributed by atoms with E-state index in [0.29, 0.717) is 17.7 Å². The SMILES string of the molecule is CCC(C)(N)C(=O)Nc1ccccc1C#N. The molecule has 1 atom stereocenters. The van der Waals surface area contributed by atoms with Crippen molar-refractivity contribution in [1.82, 2.24) is 0 Å². The van der Waals surface area contributed by atoms with Gasteiger partial charge in [0.15, 0.2) is 0 Å². The third-order valence-corrected chi connectivity index (χ3v) is 2.55. The predicted octanol–water partition coefficient (Wildman–Crippen LogP) is 1.62. The van der Waals surface area contributed by atoms with Crippen molar-refractivity contribution in [3.63, 3.8) is 0 Å². The molecule has 0 fully saturated rings. The molecule has 0 aromatic heterocycles. The molecule has 1 unspecified atom stereocenters. The van der Waals surface area contributed by atoms with Crippen molar-refractivity contribution in [3.8, 4) is 6.07 Å². The maximum absolute atomic E-state index is 11.8. The number of hydrogen-bond acceptors (Lipinski definition) is 3. The molecule has 0 saturated carbocycles. The molecule has 0 radical (unpaired) electrons. The summed E-state index contributed by atoms with van der Waals surface area (Å²) in [7, 11) is 0. The van der Waals surface area contributed by atoms with Crippen LogP contribution in [0.5, 0.6) is 0 Å². The molecule has 1 rings (SSSR count). The summed E-state index contributed by atoms with van der Waals surface area (Å²) in [5.74, 6) is -0.280. The Bertz CT molecular complexity index is 432. The number of anilines is 1. The molecule has 4 heteroatoms. The van der Waals surface area contributed by atoms with Crippen molar-refractivity contribution in [3.05, 3.63) is 29.8 Å². The van der Waals surface area contributed by atoms with Crippen LogP contribution < -0.4 is 11.1 Å². The number of carbonyl (C=O) groups excluding carboxylic acids is 1. The van der Waals surface area contributed by atoms with Gasteiger partial charge in [0.05, 0.1) is 16.8 Å². The largest absolute Gasteiger partial charge is 0.323 e. The smallest absolute Gasteiger partial charge is 0.244 e. The van der Waals surface area contributed by atoms with Gasteiger partial charge in [-0.2, -0.15) is 5.26 Å². The Morgan fingerprint density at radius 2 is 2.19 bits per heavy atom. The van der Waals surface area contributed by atoms with Crippen molar-refractivity contribution in [1.29, 1.82) is 5.26 Å². The molecule has 1 aromatic rings. The predicted molar refractivity (Wildman–Crippen MR) is 62.7 cm³/mol. The number of nitriles is 1. The molecule has 1 aromatic carbocycles. The van der Waals surface area contributed by atoms with E-state index in [2.05, 4.69) is 5.32 Å². The first-order chi connectivity index (χ1) is 7.51. The molecular weight excluding hydrogens is 202 g/mol. The third-order valence-electron chi connectivity index (χ3n) is 2.55. The van der Waals surface area contributed by atoms with Gasteiger partial charge in [0.1, 0.15) is 6.07 Å². The van der Waals surface area contributed by atoms with Crippen LogP contribution in [0.2, 0.25) is 0 Å². The third kappa shape index (κ3) is 2.59. The second kappa shape index (κ2) is 4.77. The number of carbonyl (C=O) groups is 1. The average Bonchev–Trinajstić information content (AvgIpc) is 2.29. The Balaban J connectivity index is 2.90. The van der Waals surface area contributed by atoms with Crippen LogP contribution in [-0.2, 0) is 4.79 Å². The number of nitrogens with one attached hydrogen (secondary N) is 1. The van der Waals surface area contributed by atoms with E-state index in [9.17, 15) is 4.79 Å². The normalized spacial score (nSPS) is 13.6. The molecule has 0 spiro atoms. The van der Waals surface area contributed by atoms with Crippen LogP contribution >= 0.6 is 0 Å². The first-order valence-corrected chi connectivity index (χ1v) is 5.10. The molecular formula is C12H15N3O. The van der Waals surface area contributed by atoms with E-state index in [0.717, 1.165) is 0 Å². The van der Waals surface area contributed by atoms with Crippen LogP contribution in [0.3, 0.4) is 0 Å². The highest BCUT2D eigenvalue weighted by atomic mass is 16.2. The van der Waals surface area contributed by atoms with Gasteiger partial charge >= 0.3 is 0 Å². The van der Waals surface area contributed by atoms with E-state index >= 15 is 0 Å². The molecule has 0 aliphatic carbocycles. The molecule has 16 heavy (non-hydrogen) atoms. The molecule has 0 aliphatic rings. The quantitative estimate of drug-likeness (QED) is 0.807. The van der Waals surface area contributed by atoms with Crippen molar-refractivity contribution in [2.45, 2.75) is 25.8 Å². The average molecular weight is 217 g/mol. The zero-order valence-corrected chi connectivity index (χ0v) is 9.45. The highest BCUT2D eigenvalue weighted by Crippen LogP contribution is 2.16. The van der Waals surface area contributed by atoms with Crippen molar-refractivity contribution >= 4 is 11.6 Å². The fraction of sp³-hybridized carbons (Fsp3) is 0.333. The van der Waals surface area contributed by atoms with Gasteiger partial charge in [-0.15, -0.1) is 0 Å². The van der Waals surface area contributed by atoms with Crippen LogP contribution in [0.4, 0.5) is 5.69 Å². The Labute approximate surface area is 95.1 Å². The molecule has 4 nitrogen and oxygen atoms in total. The van der Waals surface area contributed by atoms with Crippen molar-refractivity contribution in [2.75, 3.05) is 5.32 Å².